The number of carbonyl (C=O) groups excluding carboxylic acids is 2. The van der Waals surface area contributed by atoms with Crippen molar-refractivity contribution >= 4 is 17.5 Å². The average Bonchev–Trinajstić information content (AvgIpc) is 3.23. The fourth-order valence-corrected chi connectivity index (χ4v) is 2.66. The van der Waals surface area contributed by atoms with Crippen molar-refractivity contribution in [3.05, 3.63) is 53.6 Å². The summed E-state index contributed by atoms with van der Waals surface area (Å²) < 4.78 is 39.3. The van der Waals surface area contributed by atoms with Crippen molar-refractivity contribution < 1.29 is 22.8 Å². The molecule has 0 aliphatic carbocycles. The highest BCUT2D eigenvalue weighted by Crippen LogP contribution is 2.22. The van der Waals surface area contributed by atoms with Crippen LogP contribution in [0.5, 0.6) is 0 Å². The van der Waals surface area contributed by atoms with Crippen molar-refractivity contribution in [2.24, 2.45) is 5.92 Å². The molecule has 8 heteroatoms. The summed E-state index contributed by atoms with van der Waals surface area (Å²) in [5.41, 5.74) is 0.268. The number of amides is 2. The summed E-state index contributed by atoms with van der Waals surface area (Å²) in [6, 6.07) is 4.77. The number of likely N-dealkylation sites (tertiary alicyclic amines) is 1. The second-order valence-corrected chi connectivity index (χ2v) is 5.56. The van der Waals surface area contributed by atoms with Gasteiger partial charge in [0.25, 0.3) is 5.91 Å². The predicted molar refractivity (Wildman–Crippen MR) is 79.7 cm³/mol. The van der Waals surface area contributed by atoms with Gasteiger partial charge in [-0.2, -0.15) is 0 Å². The molecule has 126 valence electrons. The largest absolute Gasteiger partial charge is 0.357 e. The number of anilines is 1. The van der Waals surface area contributed by atoms with Gasteiger partial charge >= 0.3 is 0 Å². The summed E-state index contributed by atoms with van der Waals surface area (Å²) in [4.78, 5) is 28.7. The van der Waals surface area contributed by atoms with Crippen LogP contribution in [-0.2, 0) is 4.79 Å². The van der Waals surface area contributed by atoms with Gasteiger partial charge in [0.2, 0.25) is 5.91 Å². The van der Waals surface area contributed by atoms with Gasteiger partial charge in [0, 0.05) is 37.1 Å². The van der Waals surface area contributed by atoms with E-state index in [2.05, 4.69) is 10.3 Å². The van der Waals surface area contributed by atoms with Crippen LogP contribution < -0.4 is 5.32 Å². The van der Waals surface area contributed by atoms with Gasteiger partial charge in [0.05, 0.1) is 5.92 Å². The normalized spacial score (nSPS) is 17.1. The molecule has 2 aromatic rings. The van der Waals surface area contributed by atoms with Crippen LogP contribution >= 0.6 is 0 Å². The van der Waals surface area contributed by atoms with Crippen LogP contribution in [0, 0.1) is 23.4 Å². The third kappa shape index (κ3) is 3.12. The minimum absolute atomic E-state index is 0.162. The molecule has 1 aromatic carbocycles. The van der Waals surface area contributed by atoms with Crippen LogP contribution in [0.2, 0.25) is 0 Å². The summed E-state index contributed by atoms with van der Waals surface area (Å²) in [6.45, 7) is 0.609. The van der Waals surface area contributed by atoms with E-state index in [0.717, 1.165) is 0 Å². The summed E-state index contributed by atoms with van der Waals surface area (Å²) in [7, 11) is 0. The van der Waals surface area contributed by atoms with Gasteiger partial charge in [0.15, 0.2) is 17.5 Å². The summed E-state index contributed by atoms with van der Waals surface area (Å²) in [5, 5.41) is 2.36. The van der Waals surface area contributed by atoms with E-state index in [1.54, 1.807) is 18.3 Å². The van der Waals surface area contributed by atoms with Crippen LogP contribution in [0.15, 0.2) is 30.5 Å². The number of rotatable bonds is 3. The molecule has 1 aliphatic rings. The molecule has 2 N–H and O–H groups in total. The second kappa shape index (κ2) is 6.38. The van der Waals surface area contributed by atoms with E-state index in [4.69, 9.17) is 0 Å². The van der Waals surface area contributed by atoms with Gasteiger partial charge in [-0.3, -0.25) is 9.59 Å². The highest BCUT2D eigenvalue weighted by atomic mass is 19.2. The quantitative estimate of drug-likeness (QED) is 0.846. The number of aromatic amines is 1. The lowest BCUT2D eigenvalue weighted by molar-refractivity contribution is -0.119. The van der Waals surface area contributed by atoms with E-state index in [1.807, 2.05) is 0 Å². The van der Waals surface area contributed by atoms with Gasteiger partial charge in [-0.05, 0) is 18.6 Å². The molecule has 1 saturated heterocycles. The SMILES string of the molecule is O=C(Nc1cc(F)c(F)c(F)c1)[C@H]1CCN(C(=O)c2ccc[nH]2)C1. The predicted octanol–water partition coefficient (Wildman–Crippen LogP) is 2.53. The van der Waals surface area contributed by atoms with E-state index >= 15 is 0 Å². The van der Waals surface area contributed by atoms with Crippen molar-refractivity contribution in [2.75, 3.05) is 18.4 Å². The van der Waals surface area contributed by atoms with Crippen molar-refractivity contribution in [1.29, 1.82) is 0 Å². The standard InChI is InChI=1S/C16H14F3N3O2/c17-11-6-10(7-12(18)14(11)19)21-15(23)9-3-5-22(8-9)16(24)13-2-1-4-20-13/h1-2,4,6-7,9,20H,3,5,8H2,(H,21,23)/t9-/m0/s1. The Hall–Kier alpha value is -2.77. The molecule has 5 nitrogen and oxygen atoms in total. The molecule has 1 atom stereocenters. The number of halogens is 3. The molecule has 2 amide bonds. The number of aromatic nitrogens is 1. The Labute approximate surface area is 135 Å². The highest BCUT2D eigenvalue weighted by molar-refractivity contribution is 5.95. The van der Waals surface area contributed by atoms with Gasteiger partial charge in [-0.25, -0.2) is 13.2 Å². The summed E-state index contributed by atoms with van der Waals surface area (Å²) >= 11 is 0. The van der Waals surface area contributed by atoms with Crippen LogP contribution in [0.1, 0.15) is 16.9 Å². The molecular formula is C16H14F3N3O2. The number of hydrogen-bond acceptors (Lipinski definition) is 2. The first-order valence-electron chi connectivity index (χ1n) is 7.34. The molecule has 1 aromatic heterocycles. The highest BCUT2D eigenvalue weighted by Gasteiger charge is 2.32. The third-order valence-corrected chi connectivity index (χ3v) is 3.93. The van der Waals surface area contributed by atoms with Gasteiger partial charge in [-0.1, -0.05) is 0 Å². The Morgan fingerprint density at radius 3 is 2.54 bits per heavy atom. The third-order valence-electron chi connectivity index (χ3n) is 3.93. The van der Waals surface area contributed by atoms with Gasteiger partial charge < -0.3 is 15.2 Å². The molecule has 1 aliphatic heterocycles. The van der Waals surface area contributed by atoms with E-state index in [0.29, 0.717) is 30.8 Å². The monoisotopic (exact) mass is 337 g/mol. The summed E-state index contributed by atoms with van der Waals surface area (Å²) in [6.07, 6.45) is 2.07. The maximum atomic E-state index is 13.2. The molecule has 2 heterocycles. The van der Waals surface area contributed by atoms with Crippen LogP contribution in [0.4, 0.5) is 18.9 Å². The lowest BCUT2D eigenvalue weighted by Crippen LogP contribution is -2.31. The zero-order chi connectivity index (χ0) is 17.3. The van der Waals surface area contributed by atoms with Gasteiger partial charge in [-0.15, -0.1) is 0 Å². The van der Waals surface area contributed by atoms with Crippen molar-refractivity contribution in [2.45, 2.75) is 6.42 Å². The maximum Gasteiger partial charge on any atom is 0.270 e. The molecule has 3 rings (SSSR count). The van der Waals surface area contributed by atoms with Crippen LogP contribution in [0.3, 0.4) is 0 Å². The number of carbonyl (C=O) groups is 2. The Morgan fingerprint density at radius 1 is 1.21 bits per heavy atom. The number of benzene rings is 1. The molecule has 0 saturated carbocycles. The summed E-state index contributed by atoms with van der Waals surface area (Å²) in [5.74, 6) is -5.52. The Kier molecular flexibility index (Phi) is 4.28. The lowest BCUT2D eigenvalue weighted by atomic mass is 10.1. The Bertz CT molecular complexity index is 754. The molecule has 0 unspecified atom stereocenters. The average molecular weight is 337 g/mol. The number of nitrogens with one attached hydrogen (secondary N) is 2. The smallest absolute Gasteiger partial charge is 0.270 e. The first-order chi connectivity index (χ1) is 11.5. The van der Waals surface area contributed by atoms with E-state index in [1.165, 1.54) is 4.90 Å². The van der Waals surface area contributed by atoms with E-state index in [9.17, 15) is 22.8 Å². The Morgan fingerprint density at radius 2 is 1.92 bits per heavy atom. The molecule has 1 fully saturated rings. The number of H-pyrrole nitrogens is 1. The zero-order valence-electron chi connectivity index (χ0n) is 12.5. The number of nitrogens with zero attached hydrogens (tertiary/aromatic N) is 1. The van der Waals surface area contributed by atoms with Crippen LogP contribution in [-0.4, -0.2) is 34.8 Å². The molecule has 0 spiro atoms. The first kappa shape index (κ1) is 16.1. The molecule has 0 bridgehead atoms. The van der Waals surface area contributed by atoms with Crippen molar-refractivity contribution in [3.63, 3.8) is 0 Å². The van der Waals surface area contributed by atoms with E-state index < -0.39 is 29.3 Å². The molecule has 24 heavy (non-hydrogen) atoms. The fourth-order valence-electron chi connectivity index (χ4n) is 2.66. The van der Waals surface area contributed by atoms with E-state index in [-0.39, 0.29) is 18.1 Å². The second-order valence-electron chi connectivity index (χ2n) is 5.56. The van der Waals surface area contributed by atoms with Crippen LogP contribution in [0.25, 0.3) is 0 Å². The fraction of sp³-hybridized carbons (Fsp3) is 0.250. The molecular weight excluding hydrogens is 323 g/mol. The maximum absolute atomic E-state index is 13.2. The lowest BCUT2D eigenvalue weighted by Gasteiger charge is -2.15. The minimum atomic E-state index is -1.59. The first-order valence-corrected chi connectivity index (χ1v) is 7.34. The topological polar surface area (TPSA) is 65.2 Å². The zero-order valence-corrected chi connectivity index (χ0v) is 12.5. The molecule has 0 radical (unpaired) electrons. The Balaban J connectivity index is 1.64. The van der Waals surface area contributed by atoms with Gasteiger partial charge in [0.1, 0.15) is 5.69 Å². The number of hydrogen-bond donors (Lipinski definition) is 2. The van der Waals surface area contributed by atoms with Crippen molar-refractivity contribution in [3.8, 4) is 0 Å². The minimum Gasteiger partial charge on any atom is -0.357 e. The van der Waals surface area contributed by atoms with Crippen molar-refractivity contribution in [1.82, 2.24) is 9.88 Å².